The number of amides is 4. The first-order chi connectivity index (χ1) is 16.2. The summed E-state index contributed by atoms with van der Waals surface area (Å²) in [5.41, 5.74) is 1.47. The van der Waals surface area contributed by atoms with Gasteiger partial charge in [-0.3, -0.25) is 9.59 Å². The largest absolute Gasteiger partial charge is 0.334 e. The Morgan fingerprint density at radius 2 is 1.65 bits per heavy atom. The average Bonchev–Trinajstić information content (AvgIpc) is 2.80. The van der Waals surface area contributed by atoms with E-state index in [0.717, 1.165) is 11.1 Å². The highest BCUT2D eigenvalue weighted by molar-refractivity contribution is 5.91. The molecule has 0 aromatic heterocycles. The van der Waals surface area contributed by atoms with Crippen LogP contribution < -0.4 is 5.32 Å². The fraction of sp³-hybridized carbons (Fsp3) is 0.375. The second-order valence-corrected chi connectivity index (χ2v) is 8.62. The predicted molar refractivity (Wildman–Crippen MR) is 120 cm³/mol. The zero-order valence-corrected chi connectivity index (χ0v) is 19.2. The minimum atomic E-state index is -0.768. The standard InChI is InChI=1S/C24H27F2N5O3/c1-15(18-6-10-20(26)11-7-18)29-13-21-30(16(2)23(29)33)22(32)14-28(3)31(21)24(34)27-12-17-4-8-19(25)9-5-17/h4-11,15-16,21H,12-14H2,1-3H3,(H,27,34)/t15?,16-,21-/m0/s1. The van der Waals surface area contributed by atoms with Crippen molar-refractivity contribution in [3.8, 4) is 0 Å². The van der Waals surface area contributed by atoms with Crippen LogP contribution in [0.2, 0.25) is 0 Å². The van der Waals surface area contributed by atoms with Crippen LogP contribution in [0, 0.1) is 11.6 Å². The summed E-state index contributed by atoms with van der Waals surface area (Å²) < 4.78 is 26.6. The third-order valence-corrected chi connectivity index (χ3v) is 6.43. The quantitative estimate of drug-likeness (QED) is 0.744. The van der Waals surface area contributed by atoms with Gasteiger partial charge in [-0.25, -0.2) is 23.6 Å². The molecule has 0 aliphatic carbocycles. The van der Waals surface area contributed by atoms with Crippen molar-refractivity contribution in [2.45, 2.75) is 38.6 Å². The molecule has 2 aliphatic heterocycles. The van der Waals surface area contributed by atoms with Crippen LogP contribution in [0.1, 0.15) is 31.0 Å². The lowest BCUT2D eigenvalue weighted by molar-refractivity contribution is -0.187. The molecule has 1 unspecified atom stereocenters. The van der Waals surface area contributed by atoms with E-state index in [0.29, 0.717) is 0 Å². The number of likely N-dealkylation sites (N-methyl/N-ethyl adjacent to an activating group) is 1. The van der Waals surface area contributed by atoms with Gasteiger partial charge in [-0.1, -0.05) is 24.3 Å². The first-order valence-corrected chi connectivity index (χ1v) is 11.1. The highest BCUT2D eigenvalue weighted by Gasteiger charge is 2.50. The molecule has 2 saturated heterocycles. The smallest absolute Gasteiger partial charge is 0.333 e. The molecular weight excluding hydrogens is 444 g/mol. The van der Waals surface area contributed by atoms with Crippen molar-refractivity contribution in [3.05, 3.63) is 71.3 Å². The van der Waals surface area contributed by atoms with Crippen molar-refractivity contribution < 1.29 is 23.2 Å². The normalized spacial score (nSPS) is 22.0. The number of nitrogens with zero attached hydrogens (tertiary/aromatic N) is 4. The maximum absolute atomic E-state index is 13.4. The molecular formula is C24H27F2N5O3. The zero-order valence-electron chi connectivity index (χ0n) is 19.2. The number of nitrogens with one attached hydrogen (secondary N) is 1. The van der Waals surface area contributed by atoms with E-state index in [-0.39, 0.29) is 49.1 Å². The van der Waals surface area contributed by atoms with Crippen molar-refractivity contribution in [2.75, 3.05) is 20.1 Å². The number of benzene rings is 2. The number of rotatable bonds is 4. The summed E-state index contributed by atoms with van der Waals surface area (Å²) in [5, 5.41) is 5.79. The van der Waals surface area contributed by atoms with Crippen LogP contribution in [0.4, 0.5) is 13.6 Å². The van der Waals surface area contributed by atoms with E-state index in [2.05, 4.69) is 5.32 Å². The van der Waals surface area contributed by atoms with Crippen molar-refractivity contribution in [1.29, 1.82) is 0 Å². The Morgan fingerprint density at radius 1 is 1.06 bits per heavy atom. The number of halogens is 2. The molecule has 8 nitrogen and oxygen atoms in total. The SMILES string of the molecule is CC(c1ccc(F)cc1)N1C[C@H]2N(C(=O)CN(C)N2C(=O)NCc2ccc(F)cc2)[C@@H](C)C1=O. The molecule has 3 atom stereocenters. The van der Waals surface area contributed by atoms with E-state index >= 15 is 0 Å². The Balaban J connectivity index is 1.57. The fourth-order valence-electron chi connectivity index (χ4n) is 4.55. The second-order valence-electron chi connectivity index (χ2n) is 8.62. The van der Waals surface area contributed by atoms with Gasteiger partial charge in [0.1, 0.15) is 23.8 Å². The van der Waals surface area contributed by atoms with Gasteiger partial charge in [0.15, 0.2) is 0 Å². The average molecular weight is 472 g/mol. The Hall–Kier alpha value is -3.53. The molecule has 2 aliphatic rings. The number of hydrazine groups is 1. The van der Waals surface area contributed by atoms with Crippen molar-refractivity contribution >= 4 is 17.8 Å². The van der Waals surface area contributed by atoms with Gasteiger partial charge in [-0.05, 0) is 49.2 Å². The lowest BCUT2D eigenvalue weighted by Crippen LogP contribution is -2.75. The summed E-state index contributed by atoms with van der Waals surface area (Å²) in [4.78, 5) is 42.3. The first-order valence-electron chi connectivity index (χ1n) is 11.1. The lowest BCUT2D eigenvalue weighted by atomic mass is 10.0. The van der Waals surface area contributed by atoms with Crippen LogP contribution in [0.5, 0.6) is 0 Å². The number of piperazine rings is 1. The fourth-order valence-corrected chi connectivity index (χ4v) is 4.55. The summed E-state index contributed by atoms with van der Waals surface area (Å²) in [7, 11) is 1.64. The van der Waals surface area contributed by atoms with Crippen LogP contribution >= 0.6 is 0 Å². The zero-order chi connectivity index (χ0) is 24.6. The van der Waals surface area contributed by atoms with Crippen LogP contribution in [-0.4, -0.2) is 70.0 Å². The molecule has 0 spiro atoms. The van der Waals surface area contributed by atoms with E-state index < -0.39 is 18.2 Å². The molecule has 2 heterocycles. The molecule has 0 saturated carbocycles. The molecule has 4 amide bonds. The lowest BCUT2D eigenvalue weighted by Gasteiger charge is -2.54. The molecule has 34 heavy (non-hydrogen) atoms. The topological polar surface area (TPSA) is 76.2 Å². The number of fused-ring (bicyclic) bond motifs is 1. The van der Waals surface area contributed by atoms with E-state index in [9.17, 15) is 23.2 Å². The van der Waals surface area contributed by atoms with E-state index in [1.807, 2.05) is 6.92 Å². The summed E-state index contributed by atoms with van der Waals surface area (Å²) in [6.07, 6.45) is -0.713. The number of carbonyl (C=O) groups is 3. The van der Waals surface area contributed by atoms with Gasteiger partial charge in [0, 0.05) is 13.6 Å². The van der Waals surface area contributed by atoms with E-state index in [1.54, 1.807) is 43.1 Å². The number of urea groups is 1. The van der Waals surface area contributed by atoms with Gasteiger partial charge in [0.25, 0.3) is 0 Å². The van der Waals surface area contributed by atoms with Crippen LogP contribution in [0.3, 0.4) is 0 Å². The molecule has 2 aromatic carbocycles. The van der Waals surface area contributed by atoms with Crippen molar-refractivity contribution in [2.24, 2.45) is 0 Å². The Morgan fingerprint density at radius 3 is 2.26 bits per heavy atom. The van der Waals surface area contributed by atoms with Gasteiger partial charge in [-0.15, -0.1) is 0 Å². The van der Waals surface area contributed by atoms with Crippen molar-refractivity contribution in [1.82, 2.24) is 25.1 Å². The van der Waals surface area contributed by atoms with E-state index in [1.165, 1.54) is 39.2 Å². The summed E-state index contributed by atoms with van der Waals surface area (Å²) >= 11 is 0. The molecule has 2 fully saturated rings. The highest BCUT2D eigenvalue weighted by atomic mass is 19.1. The van der Waals surface area contributed by atoms with Gasteiger partial charge in [-0.2, -0.15) is 0 Å². The minimum absolute atomic E-state index is 0.0500. The van der Waals surface area contributed by atoms with Gasteiger partial charge >= 0.3 is 6.03 Å². The molecule has 1 N–H and O–H groups in total. The van der Waals surface area contributed by atoms with Gasteiger partial charge < -0.3 is 15.1 Å². The number of hydrogen-bond donors (Lipinski definition) is 1. The van der Waals surface area contributed by atoms with E-state index in [4.69, 9.17) is 0 Å². The Kier molecular flexibility index (Phi) is 6.52. The number of hydrogen-bond acceptors (Lipinski definition) is 4. The first kappa shape index (κ1) is 23.6. The molecule has 2 aromatic rings. The maximum atomic E-state index is 13.4. The Bertz CT molecular complexity index is 1080. The number of carbonyl (C=O) groups excluding carboxylic acids is 3. The molecule has 180 valence electrons. The van der Waals surface area contributed by atoms with Crippen LogP contribution in [-0.2, 0) is 16.1 Å². The summed E-state index contributed by atoms with van der Waals surface area (Å²) in [6, 6.07) is 10.1. The third kappa shape index (κ3) is 4.45. The predicted octanol–water partition coefficient (Wildman–Crippen LogP) is 2.48. The molecule has 4 rings (SSSR count). The highest BCUT2D eigenvalue weighted by Crippen LogP contribution is 2.31. The van der Waals surface area contributed by atoms with Gasteiger partial charge in [0.05, 0.1) is 19.1 Å². The Labute approximate surface area is 196 Å². The third-order valence-electron chi connectivity index (χ3n) is 6.43. The second kappa shape index (κ2) is 9.38. The molecule has 0 bridgehead atoms. The molecule has 10 heteroatoms. The van der Waals surface area contributed by atoms with Crippen LogP contribution in [0.15, 0.2) is 48.5 Å². The molecule has 0 radical (unpaired) electrons. The summed E-state index contributed by atoms with van der Waals surface area (Å²) in [6.45, 7) is 3.71. The monoisotopic (exact) mass is 471 g/mol. The minimum Gasteiger partial charge on any atom is -0.333 e. The summed E-state index contributed by atoms with van der Waals surface area (Å²) in [5.74, 6) is -1.22. The maximum Gasteiger partial charge on any atom is 0.334 e. The van der Waals surface area contributed by atoms with Crippen LogP contribution in [0.25, 0.3) is 0 Å². The van der Waals surface area contributed by atoms with Crippen molar-refractivity contribution in [3.63, 3.8) is 0 Å². The van der Waals surface area contributed by atoms with Gasteiger partial charge in [0.2, 0.25) is 11.8 Å².